The van der Waals surface area contributed by atoms with Crippen LogP contribution in [0, 0.1) is 17.8 Å². The summed E-state index contributed by atoms with van der Waals surface area (Å²) in [7, 11) is 0. The van der Waals surface area contributed by atoms with Crippen LogP contribution in [0.1, 0.15) is 64.2 Å². The maximum atomic E-state index is 3.95. The summed E-state index contributed by atoms with van der Waals surface area (Å²) in [5.41, 5.74) is 0. The van der Waals surface area contributed by atoms with E-state index >= 15 is 0 Å². The van der Waals surface area contributed by atoms with Crippen LogP contribution in [-0.4, -0.2) is 36.6 Å². The minimum Gasteiger partial charge on any atom is -0.311 e. The first-order chi connectivity index (χ1) is 9.90. The lowest BCUT2D eigenvalue weighted by molar-refractivity contribution is 0.0822. The molecule has 1 N–H and O–H groups in total. The lowest BCUT2D eigenvalue weighted by Crippen LogP contribution is -2.59. The molecule has 1 heterocycles. The van der Waals surface area contributed by atoms with Gasteiger partial charge in [-0.2, -0.15) is 0 Å². The second-order valence-electron chi connectivity index (χ2n) is 8.04. The molecule has 1 saturated heterocycles. The molecule has 0 amide bonds. The fourth-order valence-corrected chi connectivity index (χ4v) is 4.66. The van der Waals surface area contributed by atoms with E-state index in [4.69, 9.17) is 0 Å². The number of hydrogen-bond donors (Lipinski definition) is 1. The summed E-state index contributed by atoms with van der Waals surface area (Å²) < 4.78 is 0. The van der Waals surface area contributed by atoms with Crippen molar-refractivity contribution in [2.24, 2.45) is 17.8 Å². The summed E-state index contributed by atoms with van der Waals surface area (Å²) in [6, 6.07) is 1.69. The van der Waals surface area contributed by atoms with Crippen molar-refractivity contribution >= 4 is 0 Å². The maximum absolute atomic E-state index is 3.95. The third kappa shape index (κ3) is 3.22. The number of nitrogens with zero attached hydrogens (tertiary/aromatic N) is 1. The lowest BCUT2D eigenvalue weighted by atomic mass is 9.82. The van der Waals surface area contributed by atoms with E-state index in [0.717, 1.165) is 29.8 Å². The van der Waals surface area contributed by atoms with Crippen molar-refractivity contribution in [1.82, 2.24) is 10.2 Å². The van der Waals surface area contributed by atoms with Crippen LogP contribution in [0.25, 0.3) is 0 Å². The van der Waals surface area contributed by atoms with Crippen LogP contribution in [0.4, 0.5) is 0 Å². The Balaban J connectivity index is 1.35. The summed E-state index contributed by atoms with van der Waals surface area (Å²) in [6.45, 7) is 4.05. The van der Waals surface area contributed by atoms with Crippen molar-refractivity contribution in [3.63, 3.8) is 0 Å². The van der Waals surface area contributed by atoms with Gasteiger partial charge < -0.3 is 5.32 Å². The van der Waals surface area contributed by atoms with Crippen LogP contribution in [0.15, 0.2) is 0 Å². The molecule has 2 nitrogen and oxygen atoms in total. The van der Waals surface area contributed by atoms with E-state index in [0.29, 0.717) is 0 Å². The molecule has 0 radical (unpaired) electrons. The van der Waals surface area contributed by atoms with Gasteiger partial charge in [0.2, 0.25) is 0 Å². The highest BCUT2D eigenvalue weighted by Gasteiger charge is 2.40. The molecule has 4 rings (SSSR count). The zero-order chi connectivity index (χ0) is 13.4. The zero-order valence-corrected chi connectivity index (χ0v) is 13.0. The first kappa shape index (κ1) is 13.6. The smallest absolute Gasteiger partial charge is 0.0249 e. The lowest BCUT2D eigenvalue weighted by Gasteiger charge is -2.44. The summed E-state index contributed by atoms with van der Waals surface area (Å²) >= 11 is 0. The fourth-order valence-electron chi connectivity index (χ4n) is 4.66. The molecule has 114 valence electrons. The zero-order valence-electron chi connectivity index (χ0n) is 13.0. The highest BCUT2D eigenvalue weighted by Crippen LogP contribution is 2.39. The van der Waals surface area contributed by atoms with Gasteiger partial charge in [-0.3, -0.25) is 4.90 Å². The van der Waals surface area contributed by atoms with Crippen molar-refractivity contribution < 1.29 is 0 Å². The largest absolute Gasteiger partial charge is 0.311 e. The molecule has 2 unspecified atom stereocenters. The number of hydrogen-bond acceptors (Lipinski definition) is 2. The summed E-state index contributed by atoms with van der Waals surface area (Å²) in [4.78, 5) is 2.91. The average molecular weight is 276 g/mol. The molecule has 0 aromatic carbocycles. The predicted octanol–water partition coefficient (Wildman–Crippen LogP) is 3.42. The summed E-state index contributed by atoms with van der Waals surface area (Å²) in [5, 5.41) is 3.95. The minimum atomic E-state index is 0.810. The minimum absolute atomic E-state index is 0.810. The third-order valence-electron chi connectivity index (χ3n) is 6.40. The predicted molar refractivity (Wildman–Crippen MR) is 83.8 cm³/mol. The highest BCUT2D eigenvalue weighted by molar-refractivity contribution is 4.97. The van der Waals surface area contributed by atoms with E-state index in [-0.39, 0.29) is 0 Å². The Bertz CT molecular complexity index is 315. The van der Waals surface area contributed by atoms with E-state index in [1.807, 2.05) is 0 Å². The van der Waals surface area contributed by atoms with Crippen LogP contribution in [0.5, 0.6) is 0 Å². The van der Waals surface area contributed by atoms with Gasteiger partial charge in [0.05, 0.1) is 0 Å². The molecule has 20 heavy (non-hydrogen) atoms. The number of piperazine rings is 1. The van der Waals surface area contributed by atoms with E-state index in [1.54, 1.807) is 0 Å². The molecule has 1 aliphatic heterocycles. The third-order valence-corrected chi connectivity index (χ3v) is 6.40. The molecule has 3 aliphatic carbocycles. The molecule has 2 atom stereocenters. The van der Waals surface area contributed by atoms with Crippen LogP contribution in [0.2, 0.25) is 0 Å². The van der Waals surface area contributed by atoms with Crippen molar-refractivity contribution in [2.75, 3.05) is 19.6 Å². The van der Waals surface area contributed by atoms with Gasteiger partial charge in [-0.15, -0.1) is 0 Å². The molecular weight excluding hydrogens is 244 g/mol. The van der Waals surface area contributed by atoms with Crippen molar-refractivity contribution in [1.29, 1.82) is 0 Å². The first-order valence-electron chi connectivity index (χ1n) is 9.37. The second kappa shape index (κ2) is 5.96. The van der Waals surface area contributed by atoms with Crippen molar-refractivity contribution in [2.45, 2.75) is 76.3 Å². The molecule has 0 aromatic rings. The second-order valence-corrected chi connectivity index (χ2v) is 8.04. The average Bonchev–Trinajstić information content (AvgIpc) is 3.40. The molecule has 2 heteroatoms. The Hall–Kier alpha value is -0.0800. The van der Waals surface area contributed by atoms with Crippen molar-refractivity contribution in [3.05, 3.63) is 0 Å². The summed E-state index contributed by atoms with van der Waals surface area (Å²) in [6.07, 6.45) is 15.0. The Morgan fingerprint density at radius 1 is 0.850 bits per heavy atom. The van der Waals surface area contributed by atoms with Gasteiger partial charge in [0.15, 0.2) is 0 Å². The highest BCUT2D eigenvalue weighted by atomic mass is 15.2. The normalized spacial score (nSPS) is 37.2. The quantitative estimate of drug-likeness (QED) is 0.828. The van der Waals surface area contributed by atoms with E-state index in [9.17, 15) is 0 Å². The molecule has 4 fully saturated rings. The molecular formula is C18H32N2. The Kier molecular flexibility index (Phi) is 4.05. The van der Waals surface area contributed by atoms with Gasteiger partial charge >= 0.3 is 0 Å². The van der Waals surface area contributed by atoms with Gasteiger partial charge in [0.25, 0.3) is 0 Å². The van der Waals surface area contributed by atoms with Gasteiger partial charge in [-0.05, 0) is 56.4 Å². The Morgan fingerprint density at radius 3 is 2.35 bits per heavy atom. The Labute approximate surface area is 124 Å². The van der Waals surface area contributed by atoms with Crippen LogP contribution < -0.4 is 5.32 Å². The molecule has 0 spiro atoms. The topological polar surface area (TPSA) is 15.3 Å². The van der Waals surface area contributed by atoms with E-state index in [2.05, 4.69) is 10.2 Å². The monoisotopic (exact) mass is 276 g/mol. The number of rotatable bonds is 5. The molecule has 0 bridgehead atoms. The molecule has 4 aliphatic rings. The maximum Gasteiger partial charge on any atom is 0.0249 e. The standard InChI is InChI=1S/C18H32N2/c1-2-4-15(5-3-1)17-13-20(11-10-14-6-7-14)18(12-19-17)16-8-9-16/h14-19H,1-13H2. The SMILES string of the molecule is C1CCC(C2CN(CCC3CC3)C(C3CC3)CN2)CC1. The van der Waals surface area contributed by atoms with E-state index < -0.39 is 0 Å². The van der Waals surface area contributed by atoms with Gasteiger partial charge in [-0.1, -0.05) is 32.1 Å². The first-order valence-corrected chi connectivity index (χ1v) is 9.37. The molecule has 3 saturated carbocycles. The molecule has 0 aromatic heterocycles. The van der Waals surface area contributed by atoms with Crippen LogP contribution >= 0.6 is 0 Å². The van der Waals surface area contributed by atoms with Crippen LogP contribution in [0.3, 0.4) is 0 Å². The van der Waals surface area contributed by atoms with E-state index in [1.165, 1.54) is 83.8 Å². The number of nitrogens with one attached hydrogen (secondary N) is 1. The van der Waals surface area contributed by atoms with Gasteiger partial charge in [0, 0.05) is 25.2 Å². The van der Waals surface area contributed by atoms with Crippen LogP contribution in [-0.2, 0) is 0 Å². The van der Waals surface area contributed by atoms with Gasteiger partial charge in [-0.25, -0.2) is 0 Å². The van der Waals surface area contributed by atoms with Gasteiger partial charge in [0.1, 0.15) is 0 Å². The van der Waals surface area contributed by atoms with Crippen molar-refractivity contribution in [3.8, 4) is 0 Å². The fraction of sp³-hybridized carbons (Fsp3) is 1.00. The Morgan fingerprint density at radius 2 is 1.65 bits per heavy atom. The summed E-state index contributed by atoms with van der Waals surface area (Å²) in [5.74, 6) is 3.11.